The Hall–Kier alpha value is -4.78. The quantitative estimate of drug-likeness (QED) is 0.280. The van der Waals surface area contributed by atoms with Gasteiger partial charge in [-0.05, 0) is 46.5 Å². The lowest BCUT2D eigenvalue weighted by molar-refractivity contribution is 0.0942. The summed E-state index contributed by atoms with van der Waals surface area (Å²) in [6.45, 7) is 0.646. The molecule has 0 aromatic heterocycles. The van der Waals surface area contributed by atoms with Crippen molar-refractivity contribution < 1.29 is 9.59 Å². The highest BCUT2D eigenvalue weighted by Crippen LogP contribution is 2.15. The Labute approximate surface area is 183 Å². The first-order chi connectivity index (χ1) is 15.6. The number of nitrogens with zero attached hydrogens (tertiary/aromatic N) is 6. The van der Waals surface area contributed by atoms with Gasteiger partial charge in [-0.15, -0.1) is 0 Å². The molecule has 0 radical (unpaired) electrons. The van der Waals surface area contributed by atoms with Crippen LogP contribution in [0.2, 0.25) is 0 Å². The molecule has 158 valence electrons. The van der Waals surface area contributed by atoms with E-state index in [4.69, 9.17) is 11.1 Å². The second-order valence-electron chi connectivity index (χ2n) is 6.66. The number of hydrogen-bond donors (Lipinski definition) is 2. The fraction of sp³-hybridized carbons (Fsp3) is 0.0909. The Morgan fingerprint density at radius 3 is 1.47 bits per heavy atom. The van der Waals surface area contributed by atoms with Crippen LogP contribution in [0, 0.1) is 0 Å². The second kappa shape index (κ2) is 10.8. The molecule has 0 aliphatic rings. The van der Waals surface area contributed by atoms with E-state index in [9.17, 15) is 9.59 Å². The average Bonchev–Trinajstić information content (AvgIpc) is 2.82. The normalized spacial score (nSPS) is 9.75. The van der Waals surface area contributed by atoms with Gasteiger partial charge < -0.3 is 10.6 Å². The molecule has 0 heterocycles. The largest absolute Gasteiger partial charge is 0.348 e. The molecule has 0 spiro atoms. The van der Waals surface area contributed by atoms with Crippen LogP contribution in [0.1, 0.15) is 31.8 Å². The van der Waals surface area contributed by atoms with Crippen molar-refractivity contribution in [1.82, 2.24) is 10.6 Å². The average molecular weight is 426 g/mol. The fourth-order valence-corrected chi connectivity index (χ4v) is 2.87. The van der Waals surface area contributed by atoms with Crippen molar-refractivity contribution in [2.75, 3.05) is 0 Å². The first-order valence-corrected chi connectivity index (χ1v) is 9.53. The molecule has 0 saturated carbocycles. The molecular weight excluding hydrogens is 408 g/mol. The number of carbonyl (C=O) groups excluding carboxylic acids is 2. The van der Waals surface area contributed by atoms with E-state index in [1.165, 1.54) is 12.1 Å². The van der Waals surface area contributed by atoms with Crippen molar-refractivity contribution in [1.29, 1.82) is 0 Å². The van der Waals surface area contributed by atoms with Crippen molar-refractivity contribution in [3.8, 4) is 0 Å². The molecule has 3 rings (SSSR count). The lowest BCUT2D eigenvalue weighted by Gasteiger charge is -2.08. The fourth-order valence-electron chi connectivity index (χ4n) is 2.87. The third kappa shape index (κ3) is 6.11. The van der Waals surface area contributed by atoms with Crippen LogP contribution in [-0.2, 0) is 13.1 Å². The van der Waals surface area contributed by atoms with Crippen LogP contribution in [-0.4, -0.2) is 11.8 Å². The zero-order valence-corrected chi connectivity index (χ0v) is 16.8. The number of carbonyl (C=O) groups is 2. The van der Waals surface area contributed by atoms with Gasteiger partial charge in [0.15, 0.2) is 0 Å². The molecule has 10 heteroatoms. The molecule has 32 heavy (non-hydrogen) atoms. The standard InChI is InChI=1S/C22H18N8O2/c23-29-27-19-5-1-3-17(11-19)21(31)25-13-15-7-9-16(10-8-15)14-26-22(32)18-4-2-6-20(12-18)28-30-24/h1-12H,13-14H2,(H,25,31)(H,26,32). The summed E-state index contributed by atoms with van der Waals surface area (Å²) in [7, 11) is 0. The summed E-state index contributed by atoms with van der Waals surface area (Å²) in [6, 6.07) is 20.3. The molecule has 3 aromatic rings. The molecule has 2 amide bonds. The Bertz CT molecular complexity index is 1130. The molecule has 0 saturated heterocycles. The van der Waals surface area contributed by atoms with Crippen molar-refractivity contribution in [3.63, 3.8) is 0 Å². The van der Waals surface area contributed by atoms with E-state index in [0.29, 0.717) is 35.6 Å². The summed E-state index contributed by atoms with van der Waals surface area (Å²) >= 11 is 0. The molecule has 0 atom stereocenters. The Kier molecular flexibility index (Phi) is 7.43. The van der Waals surface area contributed by atoms with Crippen molar-refractivity contribution in [2.24, 2.45) is 10.2 Å². The van der Waals surface area contributed by atoms with E-state index in [0.717, 1.165) is 11.1 Å². The lowest BCUT2D eigenvalue weighted by Crippen LogP contribution is -2.23. The van der Waals surface area contributed by atoms with Crippen molar-refractivity contribution >= 4 is 23.2 Å². The Morgan fingerprint density at radius 1 is 0.688 bits per heavy atom. The van der Waals surface area contributed by atoms with Crippen LogP contribution in [0.25, 0.3) is 20.9 Å². The Morgan fingerprint density at radius 2 is 1.09 bits per heavy atom. The summed E-state index contributed by atoms with van der Waals surface area (Å²) in [5, 5.41) is 12.6. The number of nitrogens with one attached hydrogen (secondary N) is 2. The molecule has 0 aliphatic carbocycles. The predicted molar refractivity (Wildman–Crippen MR) is 119 cm³/mol. The van der Waals surface area contributed by atoms with Gasteiger partial charge in [-0.1, -0.05) is 58.8 Å². The van der Waals surface area contributed by atoms with Crippen molar-refractivity contribution in [2.45, 2.75) is 13.1 Å². The van der Waals surface area contributed by atoms with Crippen LogP contribution < -0.4 is 10.6 Å². The predicted octanol–water partition coefficient (Wildman–Crippen LogP) is 5.43. The third-order valence-electron chi connectivity index (χ3n) is 4.47. The minimum Gasteiger partial charge on any atom is -0.348 e. The van der Waals surface area contributed by atoms with Gasteiger partial charge in [0.25, 0.3) is 11.8 Å². The smallest absolute Gasteiger partial charge is 0.251 e. The van der Waals surface area contributed by atoms with Gasteiger partial charge in [-0.2, -0.15) is 0 Å². The van der Waals surface area contributed by atoms with E-state index in [2.05, 4.69) is 30.7 Å². The first-order valence-electron chi connectivity index (χ1n) is 9.53. The van der Waals surface area contributed by atoms with Gasteiger partial charge in [0.2, 0.25) is 0 Å². The molecule has 0 fully saturated rings. The lowest BCUT2D eigenvalue weighted by atomic mass is 10.1. The van der Waals surface area contributed by atoms with E-state index in [1.807, 2.05) is 24.3 Å². The Balaban J connectivity index is 1.52. The highest BCUT2D eigenvalue weighted by Gasteiger charge is 2.07. The minimum absolute atomic E-state index is 0.278. The van der Waals surface area contributed by atoms with Crippen molar-refractivity contribution in [3.05, 3.63) is 116 Å². The van der Waals surface area contributed by atoms with Crippen LogP contribution in [0.4, 0.5) is 11.4 Å². The summed E-state index contributed by atoms with van der Waals surface area (Å²) in [5.74, 6) is -0.557. The van der Waals surface area contributed by atoms with Gasteiger partial charge in [-0.25, -0.2) is 0 Å². The second-order valence-corrected chi connectivity index (χ2v) is 6.66. The summed E-state index contributed by atoms with van der Waals surface area (Å²) in [6.07, 6.45) is 0. The van der Waals surface area contributed by atoms with Crippen LogP contribution in [0.15, 0.2) is 83.0 Å². The highest BCUT2D eigenvalue weighted by atomic mass is 16.2. The zero-order chi connectivity index (χ0) is 22.8. The topological polar surface area (TPSA) is 156 Å². The summed E-state index contributed by atoms with van der Waals surface area (Å²) in [4.78, 5) is 30.0. The molecule has 10 nitrogen and oxygen atoms in total. The summed E-state index contributed by atoms with van der Waals surface area (Å²) in [5.41, 5.74) is 20.3. The summed E-state index contributed by atoms with van der Waals surface area (Å²) < 4.78 is 0. The molecule has 0 aliphatic heterocycles. The number of rotatable bonds is 8. The monoisotopic (exact) mass is 426 g/mol. The zero-order valence-electron chi connectivity index (χ0n) is 16.8. The van der Waals surface area contributed by atoms with Crippen LogP contribution in [0.5, 0.6) is 0 Å². The van der Waals surface area contributed by atoms with E-state index >= 15 is 0 Å². The van der Waals surface area contributed by atoms with Gasteiger partial charge in [0.05, 0.1) is 0 Å². The molecule has 0 bridgehead atoms. The van der Waals surface area contributed by atoms with Crippen LogP contribution in [0.3, 0.4) is 0 Å². The molecule has 0 unspecified atom stereocenters. The maximum Gasteiger partial charge on any atom is 0.251 e. The first kappa shape index (κ1) is 21.9. The van der Waals surface area contributed by atoms with Gasteiger partial charge in [-0.3, -0.25) is 9.59 Å². The highest BCUT2D eigenvalue weighted by molar-refractivity contribution is 5.95. The molecular formula is C22H18N8O2. The SMILES string of the molecule is [N-]=[N+]=Nc1cccc(C(=O)NCc2ccc(CNC(=O)c3cccc(N=[N+]=[N-])c3)cc2)c1. The number of hydrogen-bond acceptors (Lipinski definition) is 4. The molecule has 2 N–H and O–H groups in total. The maximum absolute atomic E-state index is 12.3. The van der Waals surface area contributed by atoms with E-state index in [1.54, 1.807) is 36.4 Å². The maximum atomic E-state index is 12.3. The van der Waals surface area contributed by atoms with E-state index in [-0.39, 0.29) is 11.8 Å². The van der Waals surface area contributed by atoms with Crippen LogP contribution >= 0.6 is 0 Å². The van der Waals surface area contributed by atoms with Gasteiger partial charge in [0.1, 0.15) is 0 Å². The number of benzene rings is 3. The van der Waals surface area contributed by atoms with Gasteiger partial charge in [0, 0.05) is 45.4 Å². The number of amides is 2. The van der Waals surface area contributed by atoms with Gasteiger partial charge >= 0.3 is 0 Å². The number of azide groups is 2. The third-order valence-corrected chi connectivity index (χ3v) is 4.47. The van der Waals surface area contributed by atoms with E-state index < -0.39 is 0 Å². The minimum atomic E-state index is -0.278. The molecule has 3 aromatic carbocycles.